The molecular weight excluding hydrogens is 394 g/mol. The van der Waals surface area contributed by atoms with E-state index in [4.69, 9.17) is 4.99 Å². The van der Waals surface area contributed by atoms with Crippen LogP contribution in [-0.2, 0) is 22.4 Å². The smallest absolute Gasteiger partial charge is 0.249 e. The zero-order chi connectivity index (χ0) is 20.7. The van der Waals surface area contributed by atoms with E-state index in [-0.39, 0.29) is 24.9 Å². The molecule has 5 rings (SSSR count). The number of fused-ring (bicyclic) bond motifs is 3. The molecule has 1 aliphatic carbocycles. The fourth-order valence-electron chi connectivity index (χ4n) is 4.72. The van der Waals surface area contributed by atoms with E-state index in [1.165, 1.54) is 22.4 Å². The highest BCUT2D eigenvalue weighted by atomic mass is 32.1. The molecule has 1 aromatic heterocycles. The van der Waals surface area contributed by atoms with E-state index in [0.717, 1.165) is 67.0 Å². The first-order chi connectivity index (χ1) is 14.6. The monoisotopic (exact) mass is 421 g/mol. The van der Waals surface area contributed by atoms with Gasteiger partial charge in [0.2, 0.25) is 11.8 Å². The summed E-state index contributed by atoms with van der Waals surface area (Å²) in [4.78, 5) is 35.8. The van der Waals surface area contributed by atoms with Crippen LogP contribution >= 0.6 is 11.3 Å². The molecule has 2 aliphatic heterocycles. The van der Waals surface area contributed by atoms with Crippen LogP contribution in [0.25, 0.3) is 0 Å². The molecule has 1 aromatic carbocycles. The molecule has 2 aromatic rings. The van der Waals surface area contributed by atoms with E-state index in [2.05, 4.69) is 31.2 Å². The van der Waals surface area contributed by atoms with Crippen molar-refractivity contribution in [3.05, 3.63) is 51.4 Å². The molecule has 0 radical (unpaired) electrons. The summed E-state index contributed by atoms with van der Waals surface area (Å²) in [5, 5.41) is 0.927. The highest BCUT2D eigenvalue weighted by molar-refractivity contribution is 7.17. The maximum absolute atomic E-state index is 13.1. The van der Waals surface area contributed by atoms with Crippen LogP contribution in [0.15, 0.2) is 29.3 Å². The molecule has 5 nitrogen and oxygen atoms in total. The molecule has 156 valence electrons. The van der Waals surface area contributed by atoms with E-state index >= 15 is 0 Å². The molecule has 0 unspecified atom stereocenters. The third kappa shape index (κ3) is 3.47. The van der Waals surface area contributed by atoms with Crippen LogP contribution in [-0.4, -0.2) is 48.6 Å². The van der Waals surface area contributed by atoms with Gasteiger partial charge in [-0.05, 0) is 51.0 Å². The molecule has 0 bridgehead atoms. The van der Waals surface area contributed by atoms with Gasteiger partial charge in [0.15, 0.2) is 0 Å². The van der Waals surface area contributed by atoms with Crippen LogP contribution in [0.5, 0.6) is 0 Å². The Morgan fingerprint density at radius 2 is 1.80 bits per heavy atom. The number of rotatable bonds is 3. The Morgan fingerprint density at radius 1 is 1.07 bits per heavy atom. The molecule has 3 aliphatic rings. The van der Waals surface area contributed by atoms with Gasteiger partial charge in [-0.1, -0.05) is 29.8 Å². The van der Waals surface area contributed by atoms with Crippen LogP contribution < -0.4 is 4.90 Å². The van der Waals surface area contributed by atoms with Crippen molar-refractivity contribution in [2.75, 3.05) is 31.1 Å². The summed E-state index contributed by atoms with van der Waals surface area (Å²) < 4.78 is 0. The molecule has 0 N–H and O–H groups in total. The van der Waals surface area contributed by atoms with Crippen molar-refractivity contribution in [2.24, 2.45) is 4.99 Å². The van der Waals surface area contributed by atoms with Crippen LogP contribution in [0.4, 0.5) is 5.00 Å². The Hall–Kier alpha value is -2.47. The summed E-state index contributed by atoms with van der Waals surface area (Å²) in [6.45, 7) is 3.90. The second-order valence-electron chi connectivity index (χ2n) is 8.49. The zero-order valence-electron chi connectivity index (χ0n) is 17.4. The number of aryl methyl sites for hydroxylation is 2. The fraction of sp³-hybridized carbons (Fsp3) is 0.458. The second kappa shape index (κ2) is 7.99. The summed E-state index contributed by atoms with van der Waals surface area (Å²) in [7, 11) is 0. The van der Waals surface area contributed by atoms with Gasteiger partial charge in [-0.2, -0.15) is 0 Å². The van der Waals surface area contributed by atoms with Crippen molar-refractivity contribution in [3.63, 3.8) is 0 Å². The summed E-state index contributed by atoms with van der Waals surface area (Å²) in [5.74, 6) is -0.0264. The van der Waals surface area contributed by atoms with E-state index < -0.39 is 0 Å². The first kappa shape index (κ1) is 19.5. The molecule has 3 heterocycles. The third-order valence-corrected chi connectivity index (χ3v) is 7.70. The lowest BCUT2D eigenvalue weighted by molar-refractivity contribution is -0.130. The normalized spacial score (nSPS) is 18.7. The number of carbonyl (C=O) groups is 2. The lowest BCUT2D eigenvalue weighted by Gasteiger charge is -2.23. The number of nitrogens with zero attached hydrogens (tertiary/aromatic N) is 3. The SMILES string of the molecule is Cc1ccc(C2=NCC(=O)N(CC(=O)N3CCCC3)c3sc4c(c32)CCCC4)cc1. The summed E-state index contributed by atoms with van der Waals surface area (Å²) >= 11 is 1.70. The summed E-state index contributed by atoms with van der Waals surface area (Å²) in [6, 6.07) is 8.39. The first-order valence-electron chi connectivity index (χ1n) is 11.0. The maximum Gasteiger partial charge on any atom is 0.249 e. The minimum absolute atomic E-state index is 0.0527. The number of anilines is 1. The van der Waals surface area contributed by atoms with Crippen molar-refractivity contribution < 1.29 is 9.59 Å². The Kier molecular flexibility index (Phi) is 5.19. The van der Waals surface area contributed by atoms with Crippen molar-refractivity contribution in [1.82, 2.24) is 4.90 Å². The van der Waals surface area contributed by atoms with Gasteiger partial charge in [-0.3, -0.25) is 19.5 Å². The first-order valence-corrected chi connectivity index (χ1v) is 11.8. The summed E-state index contributed by atoms with van der Waals surface area (Å²) in [6.07, 6.45) is 6.53. The molecule has 6 heteroatoms. The van der Waals surface area contributed by atoms with E-state index in [0.29, 0.717) is 0 Å². The Morgan fingerprint density at radius 3 is 2.57 bits per heavy atom. The van der Waals surface area contributed by atoms with Crippen LogP contribution in [0, 0.1) is 6.92 Å². The molecule has 30 heavy (non-hydrogen) atoms. The van der Waals surface area contributed by atoms with Crippen molar-refractivity contribution in [2.45, 2.75) is 45.4 Å². The highest BCUT2D eigenvalue weighted by Gasteiger charge is 2.34. The summed E-state index contributed by atoms with van der Waals surface area (Å²) in [5.41, 5.74) is 5.60. The Labute approximate surface area is 181 Å². The van der Waals surface area contributed by atoms with Gasteiger partial charge in [0.1, 0.15) is 18.1 Å². The number of hydrogen-bond acceptors (Lipinski definition) is 4. The predicted octanol–water partition coefficient (Wildman–Crippen LogP) is 3.74. The number of carbonyl (C=O) groups excluding carboxylic acids is 2. The molecule has 0 spiro atoms. The largest absolute Gasteiger partial charge is 0.341 e. The molecule has 0 saturated carbocycles. The minimum atomic E-state index is -0.0792. The third-order valence-electron chi connectivity index (χ3n) is 6.39. The number of hydrogen-bond donors (Lipinski definition) is 0. The van der Waals surface area contributed by atoms with Crippen molar-refractivity contribution >= 4 is 33.9 Å². The van der Waals surface area contributed by atoms with Crippen LogP contribution in [0.2, 0.25) is 0 Å². The topological polar surface area (TPSA) is 53.0 Å². The number of benzene rings is 1. The lowest BCUT2D eigenvalue weighted by Crippen LogP contribution is -2.42. The molecule has 0 atom stereocenters. The molecule has 1 saturated heterocycles. The Balaban J connectivity index is 1.59. The second-order valence-corrected chi connectivity index (χ2v) is 9.57. The average molecular weight is 422 g/mol. The zero-order valence-corrected chi connectivity index (χ0v) is 18.3. The average Bonchev–Trinajstić information content (AvgIpc) is 3.39. The van der Waals surface area contributed by atoms with Gasteiger partial charge < -0.3 is 4.90 Å². The van der Waals surface area contributed by atoms with Gasteiger partial charge in [0.05, 0.1) is 5.71 Å². The molecule has 2 amide bonds. The van der Waals surface area contributed by atoms with Crippen LogP contribution in [0.3, 0.4) is 0 Å². The highest BCUT2D eigenvalue weighted by Crippen LogP contribution is 2.42. The fourth-order valence-corrected chi connectivity index (χ4v) is 6.12. The molecular formula is C24H27N3O2S. The van der Waals surface area contributed by atoms with Gasteiger partial charge in [0, 0.05) is 29.1 Å². The van der Waals surface area contributed by atoms with Gasteiger partial charge in [-0.15, -0.1) is 11.3 Å². The van der Waals surface area contributed by atoms with E-state index in [1.54, 1.807) is 16.2 Å². The van der Waals surface area contributed by atoms with E-state index in [1.807, 2.05) is 4.90 Å². The quantitative estimate of drug-likeness (QED) is 0.758. The van der Waals surface area contributed by atoms with Crippen LogP contribution in [0.1, 0.15) is 52.8 Å². The predicted molar refractivity (Wildman–Crippen MR) is 121 cm³/mol. The number of likely N-dealkylation sites (tertiary alicyclic amines) is 1. The molecule has 1 fully saturated rings. The standard InChI is InChI=1S/C24H27N3O2S/c1-16-8-10-17(11-9-16)23-22-18-6-2-3-7-19(18)30-24(22)27(20(28)14-25-23)15-21(29)26-12-4-5-13-26/h8-11H,2-7,12-15H2,1H3. The minimum Gasteiger partial charge on any atom is -0.341 e. The van der Waals surface area contributed by atoms with Gasteiger partial charge in [-0.25, -0.2) is 0 Å². The lowest BCUT2D eigenvalue weighted by atomic mass is 9.91. The van der Waals surface area contributed by atoms with Gasteiger partial charge in [0.25, 0.3) is 0 Å². The number of thiophene rings is 1. The maximum atomic E-state index is 13.1. The van der Waals surface area contributed by atoms with Crippen molar-refractivity contribution in [1.29, 1.82) is 0 Å². The van der Waals surface area contributed by atoms with Gasteiger partial charge >= 0.3 is 0 Å². The van der Waals surface area contributed by atoms with E-state index in [9.17, 15) is 9.59 Å². The Bertz CT molecular complexity index is 1020. The van der Waals surface area contributed by atoms with Crippen molar-refractivity contribution in [3.8, 4) is 0 Å². The number of aliphatic imine (C=N–C) groups is 1. The number of amides is 2.